The fourth-order valence-corrected chi connectivity index (χ4v) is 1.16. The molecule has 0 saturated carbocycles. The van der Waals surface area contributed by atoms with Crippen LogP contribution in [0.4, 0.5) is 0 Å². The van der Waals surface area contributed by atoms with Gasteiger partial charge < -0.3 is 5.11 Å². The highest BCUT2D eigenvalue weighted by Crippen LogP contribution is 2.27. The average molecular weight is 223 g/mol. The van der Waals surface area contributed by atoms with Crippen molar-refractivity contribution in [2.75, 3.05) is 0 Å². The van der Waals surface area contributed by atoms with Crippen molar-refractivity contribution < 1.29 is 5.11 Å². The van der Waals surface area contributed by atoms with E-state index in [4.69, 9.17) is 11.6 Å². The summed E-state index contributed by atoms with van der Waals surface area (Å²) in [6.45, 7) is 1.70. The second-order valence-electron chi connectivity index (χ2n) is 2.94. The SMILES string of the molecule is Cc1nnc(-c2ccc(Cl)c(O)c2)nn1. The number of hydrogen-bond acceptors (Lipinski definition) is 5. The monoisotopic (exact) mass is 222 g/mol. The van der Waals surface area contributed by atoms with Crippen molar-refractivity contribution in [1.82, 2.24) is 20.4 Å². The zero-order valence-electron chi connectivity index (χ0n) is 7.85. The molecule has 1 N–H and O–H groups in total. The number of halogens is 1. The Morgan fingerprint density at radius 3 is 2.40 bits per heavy atom. The van der Waals surface area contributed by atoms with E-state index < -0.39 is 0 Å². The standard InChI is InChI=1S/C9H7ClN4O/c1-5-11-13-9(14-12-5)6-2-3-7(10)8(15)4-6/h2-4,15H,1H3. The summed E-state index contributed by atoms with van der Waals surface area (Å²) in [6.07, 6.45) is 0. The highest BCUT2D eigenvalue weighted by atomic mass is 35.5. The summed E-state index contributed by atoms with van der Waals surface area (Å²) in [5.41, 5.74) is 0.622. The predicted octanol–water partition coefficient (Wildman–Crippen LogP) is 1.60. The van der Waals surface area contributed by atoms with Crippen LogP contribution in [0.5, 0.6) is 5.75 Å². The van der Waals surface area contributed by atoms with Gasteiger partial charge in [-0.25, -0.2) is 0 Å². The van der Waals surface area contributed by atoms with Crippen molar-refractivity contribution in [2.45, 2.75) is 6.92 Å². The van der Waals surface area contributed by atoms with Crippen LogP contribution in [0.1, 0.15) is 5.82 Å². The maximum Gasteiger partial charge on any atom is 0.203 e. The van der Waals surface area contributed by atoms with Crippen molar-refractivity contribution in [2.24, 2.45) is 0 Å². The van der Waals surface area contributed by atoms with Crippen molar-refractivity contribution in [3.8, 4) is 17.1 Å². The van der Waals surface area contributed by atoms with E-state index in [9.17, 15) is 5.11 Å². The summed E-state index contributed by atoms with van der Waals surface area (Å²) in [5.74, 6) is 0.836. The second-order valence-corrected chi connectivity index (χ2v) is 3.34. The Kier molecular flexibility index (Phi) is 2.47. The summed E-state index contributed by atoms with van der Waals surface area (Å²) < 4.78 is 0. The van der Waals surface area contributed by atoms with Crippen molar-refractivity contribution in [1.29, 1.82) is 0 Å². The minimum Gasteiger partial charge on any atom is -0.506 e. The Hall–Kier alpha value is -1.75. The molecule has 0 atom stereocenters. The van der Waals surface area contributed by atoms with Gasteiger partial charge in [-0.2, -0.15) is 0 Å². The van der Waals surface area contributed by atoms with Gasteiger partial charge in [0.2, 0.25) is 5.82 Å². The first kappa shape index (κ1) is 9.79. The van der Waals surface area contributed by atoms with Crippen LogP contribution in [0, 0.1) is 6.92 Å². The Balaban J connectivity index is 2.45. The van der Waals surface area contributed by atoms with E-state index in [1.54, 1.807) is 19.1 Å². The molecule has 0 bridgehead atoms. The van der Waals surface area contributed by atoms with Gasteiger partial charge in [-0.15, -0.1) is 20.4 Å². The van der Waals surface area contributed by atoms with Crippen molar-refractivity contribution in [3.63, 3.8) is 0 Å². The largest absolute Gasteiger partial charge is 0.506 e. The van der Waals surface area contributed by atoms with E-state index in [-0.39, 0.29) is 10.8 Å². The van der Waals surface area contributed by atoms with Gasteiger partial charge in [-0.1, -0.05) is 11.6 Å². The fourth-order valence-electron chi connectivity index (χ4n) is 1.05. The molecule has 5 nitrogen and oxygen atoms in total. The predicted molar refractivity (Wildman–Crippen MR) is 54.5 cm³/mol. The van der Waals surface area contributed by atoms with E-state index in [1.165, 1.54) is 6.07 Å². The molecule has 0 aliphatic heterocycles. The molecule has 1 aromatic carbocycles. The van der Waals surface area contributed by atoms with Gasteiger partial charge in [-0.05, 0) is 25.1 Å². The van der Waals surface area contributed by atoms with E-state index in [0.29, 0.717) is 17.2 Å². The molecule has 2 rings (SSSR count). The van der Waals surface area contributed by atoms with E-state index in [1.807, 2.05) is 0 Å². The molecule has 15 heavy (non-hydrogen) atoms. The van der Waals surface area contributed by atoms with Crippen LogP contribution in [0.25, 0.3) is 11.4 Å². The van der Waals surface area contributed by atoms with E-state index in [2.05, 4.69) is 20.4 Å². The number of rotatable bonds is 1. The van der Waals surface area contributed by atoms with Gasteiger partial charge in [0, 0.05) is 5.56 Å². The van der Waals surface area contributed by atoms with Gasteiger partial charge in [0.1, 0.15) is 5.75 Å². The molecule has 0 spiro atoms. The van der Waals surface area contributed by atoms with Crippen LogP contribution in [0.15, 0.2) is 18.2 Å². The molecule has 0 amide bonds. The molecule has 1 heterocycles. The zero-order chi connectivity index (χ0) is 10.8. The first-order valence-electron chi connectivity index (χ1n) is 4.20. The Morgan fingerprint density at radius 1 is 1.13 bits per heavy atom. The summed E-state index contributed by atoms with van der Waals surface area (Å²) in [4.78, 5) is 0. The van der Waals surface area contributed by atoms with Gasteiger partial charge in [-0.3, -0.25) is 0 Å². The van der Waals surface area contributed by atoms with Crippen molar-refractivity contribution in [3.05, 3.63) is 29.0 Å². The molecule has 6 heteroatoms. The number of nitrogens with zero attached hydrogens (tertiary/aromatic N) is 4. The Morgan fingerprint density at radius 2 is 1.80 bits per heavy atom. The molecule has 0 aliphatic carbocycles. The molecule has 0 aliphatic rings. The molecular weight excluding hydrogens is 216 g/mol. The van der Waals surface area contributed by atoms with Gasteiger partial charge in [0.05, 0.1) is 5.02 Å². The number of phenolic OH excluding ortho intramolecular Hbond substituents is 1. The zero-order valence-corrected chi connectivity index (χ0v) is 8.60. The van der Waals surface area contributed by atoms with E-state index in [0.717, 1.165) is 0 Å². The molecular formula is C9H7ClN4O. The third-order valence-corrected chi connectivity index (χ3v) is 2.10. The highest BCUT2D eigenvalue weighted by molar-refractivity contribution is 6.32. The third-order valence-electron chi connectivity index (χ3n) is 1.78. The van der Waals surface area contributed by atoms with Crippen LogP contribution in [-0.2, 0) is 0 Å². The van der Waals surface area contributed by atoms with Gasteiger partial charge >= 0.3 is 0 Å². The Bertz CT molecular complexity index is 486. The van der Waals surface area contributed by atoms with Crippen LogP contribution in [0.2, 0.25) is 5.02 Å². The second kappa shape index (κ2) is 3.78. The lowest BCUT2D eigenvalue weighted by Crippen LogP contribution is -1.98. The van der Waals surface area contributed by atoms with Crippen LogP contribution < -0.4 is 0 Å². The minimum absolute atomic E-state index is 0.0154. The summed E-state index contributed by atoms with van der Waals surface area (Å²) in [5, 5.41) is 24.9. The number of benzene rings is 1. The van der Waals surface area contributed by atoms with Crippen LogP contribution in [-0.4, -0.2) is 25.5 Å². The number of aromatic hydroxyl groups is 1. The number of aryl methyl sites for hydroxylation is 1. The fraction of sp³-hybridized carbons (Fsp3) is 0.111. The van der Waals surface area contributed by atoms with Gasteiger partial charge in [0.25, 0.3) is 0 Å². The first-order chi connectivity index (χ1) is 7.16. The highest BCUT2D eigenvalue weighted by Gasteiger charge is 2.05. The molecule has 0 saturated heterocycles. The third kappa shape index (κ3) is 2.02. The number of aromatic nitrogens is 4. The summed E-state index contributed by atoms with van der Waals surface area (Å²) in [7, 11) is 0. The molecule has 0 unspecified atom stereocenters. The molecule has 1 aromatic heterocycles. The topological polar surface area (TPSA) is 71.8 Å². The molecule has 0 radical (unpaired) electrons. The quantitative estimate of drug-likeness (QED) is 0.794. The lowest BCUT2D eigenvalue weighted by atomic mass is 10.2. The lowest BCUT2D eigenvalue weighted by Gasteiger charge is -2.00. The maximum absolute atomic E-state index is 9.39. The molecule has 0 fully saturated rings. The van der Waals surface area contributed by atoms with Gasteiger partial charge in [0.15, 0.2) is 5.82 Å². The smallest absolute Gasteiger partial charge is 0.203 e. The lowest BCUT2D eigenvalue weighted by molar-refractivity contribution is 0.476. The van der Waals surface area contributed by atoms with E-state index >= 15 is 0 Å². The van der Waals surface area contributed by atoms with Crippen molar-refractivity contribution >= 4 is 11.6 Å². The number of phenols is 1. The molecule has 76 valence electrons. The molecule has 2 aromatic rings. The summed E-state index contributed by atoms with van der Waals surface area (Å²) in [6, 6.07) is 4.72. The maximum atomic E-state index is 9.39. The first-order valence-corrected chi connectivity index (χ1v) is 4.57. The Labute approximate surface area is 90.8 Å². The van der Waals surface area contributed by atoms with Crippen LogP contribution in [0.3, 0.4) is 0 Å². The number of hydrogen-bond donors (Lipinski definition) is 1. The summed E-state index contributed by atoms with van der Waals surface area (Å²) >= 11 is 5.67. The van der Waals surface area contributed by atoms with Crippen LogP contribution >= 0.6 is 11.6 Å². The average Bonchev–Trinajstić information content (AvgIpc) is 2.23. The normalized spacial score (nSPS) is 10.3. The minimum atomic E-state index is -0.0154.